The van der Waals surface area contributed by atoms with Gasteiger partial charge in [-0.1, -0.05) is 64.4 Å². The van der Waals surface area contributed by atoms with E-state index in [2.05, 4.69) is 6.92 Å². The van der Waals surface area contributed by atoms with Gasteiger partial charge in [-0.3, -0.25) is 9.59 Å². The topological polar surface area (TPSA) is 93.1 Å². The molecule has 1 aromatic rings. The van der Waals surface area contributed by atoms with Crippen LogP contribution in [0.2, 0.25) is 0 Å². The Labute approximate surface area is 187 Å². The molecular formula is C25H40O6. The van der Waals surface area contributed by atoms with E-state index in [0.29, 0.717) is 31.8 Å². The summed E-state index contributed by atoms with van der Waals surface area (Å²) in [5.74, 6) is -0.0666. The van der Waals surface area contributed by atoms with Gasteiger partial charge in [0, 0.05) is 12.8 Å². The molecule has 6 heteroatoms. The van der Waals surface area contributed by atoms with Crippen LogP contribution in [0.3, 0.4) is 0 Å². The zero-order chi connectivity index (χ0) is 22.7. The van der Waals surface area contributed by atoms with Crippen molar-refractivity contribution in [2.75, 3.05) is 13.2 Å². The summed E-state index contributed by atoms with van der Waals surface area (Å²) in [6, 6.07) is 5.97. The number of carboxylic acids is 2. The Morgan fingerprint density at radius 1 is 0.677 bits per heavy atom. The van der Waals surface area contributed by atoms with E-state index in [1.165, 1.54) is 37.7 Å². The fourth-order valence-electron chi connectivity index (χ4n) is 3.38. The quantitative estimate of drug-likeness (QED) is 0.235. The molecule has 1 aromatic carbocycles. The fourth-order valence-corrected chi connectivity index (χ4v) is 3.38. The first-order valence-electron chi connectivity index (χ1n) is 11.8. The van der Waals surface area contributed by atoms with Gasteiger partial charge < -0.3 is 19.7 Å². The van der Waals surface area contributed by atoms with Crippen molar-refractivity contribution in [1.29, 1.82) is 0 Å². The van der Waals surface area contributed by atoms with Crippen LogP contribution >= 0.6 is 0 Å². The Morgan fingerprint density at radius 2 is 1.16 bits per heavy atom. The van der Waals surface area contributed by atoms with Crippen molar-refractivity contribution >= 4 is 11.9 Å². The minimum atomic E-state index is -0.807. The monoisotopic (exact) mass is 436 g/mol. The van der Waals surface area contributed by atoms with Crippen LogP contribution in [0.1, 0.15) is 96.0 Å². The van der Waals surface area contributed by atoms with Crippen molar-refractivity contribution in [2.45, 2.75) is 96.8 Å². The summed E-state index contributed by atoms with van der Waals surface area (Å²) in [4.78, 5) is 21.1. The number of carboxylic acid groups (broad SMARTS) is 2. The minimum absolute atomic E-state index is 0.106. The summed E-state index contributed by atoms with van der Waals surface area (Å²) in [5, 5.41) is 17.3. The van der Waals surface area contributed by atoms with Gasteiger partial charge in [-0.2, -0.15) is 0 Å². The first-order chi connectivity index (χ1) is 15.0. The third-order valence-electron chi connectivity index (χ3n) is 5.25. The molecule has 0 aromatic heterocycles. The number of ether oxygens (including phenoxy) is 2. The first kappa shape index (κ1) is 26.8. The standard InChI is InChI=1S/C25H40O6/c1-2-21-16-17-22(23(20-21)31-19-13-15-25(28)29)30-18-12-10-8-6-4-3-5-7-9-11-14-24(26)27/h16-17,20H,2-15,18-19H2,1H3,(H,26,27)(H,28,29). The van der Waals surface area contributed by atoms with E-state index in [1.54, 1.807) is 0 Å². The summed E-state index contributed by atoms with van der Waals surface area (Å²) in [7, 11) is 0. The van der Waals surface area contributed by atoms with Gasteiger partial charge in [-0.15, -0.1) is 0 Å². The minimum Gasteiger partial charge on any atom is -0.490 e. The molecule has 31 heavy (non-hydrogen) atoms. The lowest BCUT2D eigenvalue weighted by molar-refractivity contribution is -0.138. The highest BCUT2D eigenvalue weighted by Crippen LogP contribution is 2.29. The molecule has 0 fully saturated rings. The number of aliphatic carboxylic acids is 2. The van der Waals surface area contributed by atoms with Crippen molar-refractivity contribution in [1.82, 2.24) is 0 Å². The third-order valence-corrected chi connectivity index (χ3v) is 5.25. The van der Waals surface area contributed by atoms with Crippen LogP contribution in [-0.4, -0.2) is 35.4 Å². The van der Waals surface area contributed by atoms with E-state index in [0.717, 1.165) is 44.3 Å². The molecule has 0 heterocycles. The van der Waals surface area contributed by atoms with E-state index in [9.17, 15) is 9.59 Å². The molecule has 0 bridgehead atoms. The summed E-state index contributed by atoms with van der Waals surface area (Å²) >= 11 is 0. The van der Waals surface area contributed by atoms with Crippen LogP contribution in [0.15, 0.2) is 18.2 Å². The second-order valence-electron chi connectivity index (χ2n) is 8.01. The fraction of sp³-hybridized carbons (Fsp3) is 0.680. The highest BCUT2D eigenvalue weighted by molar-refractivity contribution is 5.66. The highest BCUT2D eigenvalue weighted by Gasteiger charge is 2.07. The van der Waals surface area contributed by atoms with E-state index >= 15 is 0 Å². The number of hydrogen-bond donors (Lipinski definition) is 2. The van der Waals surface area contributed by atoms with Crippen LogP contribution in [0.4, 0.5) is 0 Å². The summed E-state index contributed by atoms with van der Waals surface area (Å²) in [6.45, 7) is 3.11. The second kappa shape index (κ2) is 17.4. The van der Waals surface area contributed by atoms with Gasteiger partial charge in [0.05, 0.1) is 13.2 Å². The Kier molecular flexibility index (Phi) is 15.1. The summed E-state index contributed by atoms with van der Waals surface area (Å²) in [6.07, 6.45) is 13.0. The third kappa shape index (κ3) is 14.4. The average molecular weight is 437 g/mol. The zero-order valence-electron chi connectivity index (χ0n) is 19.1. The highest BCUT2D eigenvalue weighted by atomic mass is 16.5. The number of rotatable bonds is 20. The SMILES string of the molecule is CCc1ccc(OCCCCCCCCCCCCC(=O)O)c(OCCCC(=O)O)c1. The van der Waals surface area contributed by atoms with Crippen molar-refractivity contribution in [3.8, 4) is 11.5 Å². The number of unbranched alkanes of at least 4 members (excludes halogenated alkanes) is 9. The Hall–Kier alpha value is -2.24. The van der Waals surface area contributed by atoms with Gasteiger partial charge in [0.1, 0.15) is 0 Å². The Balaban J connectivity index is 2.12. The molecule has 0 amide bonds. The number of carbonyl (C=O) groups is 2. The van der Waals surface area contributed by atoms with E-state index < -0.39 is 11.9 Å². The van der Waals surface area contributed by atoms with Gasteiger partial charge in [0.15, 0.2) is 11.5 Å². The number of hydrogen-bond acceptors (Lipinski definition) is 4. The van der Waals surface area contributed by atoms with Crippen molar-refractivity contribution in [3.05, 3.63) is 23.8 Å². The maximum atomic E-state index is 10.6. The normalized spacial score (nSPS) is 10.7. The van der Waals surface area contributed by atoms with Crippen molar-refractivity contribution in [2.24, 2.45) is 0 Å². The summed E-state index contributed by atoms with van der Waals surface area (Å²) in [5.41, 5.74) is 1.17. The molecule has 0 spiro atoms. The molecule has 1 rings (SSSR count). The van der Waals surface area contributed by atoms with E-state index in [1.807, 2.05) is 18.2 Å². The molecule has 0 aliphatic heterocycles. The lowest BCUT2D eigenvalue weighted by Gasteiger charge is -2.14. The van der Waals surface area contributed by atoms with Crippen LogP contribution < -0.4 is 9.47 Å². The largest absolute Gasteiger partial charge is 0.490 e. The van der Waals surface area contributed by atoms with Gasteiger partial charge in [-0.05, 0) is 43.4 Å². The second-order valence-corrected chi connectivity index (χ2v) is 8.01. The van der Waals surface area contributed by atoms with E-state index in [4.69, 9.17) is 19.7 Å². The Bertz CT molecular complexity index is 628. The smallest absolute Gasteiger partial charge is 0.303 e. The predicted octanol–water partition coefficient (Wildman–Crippen LogP) is 6.25. The Morgan fingerprint density at radius 3 is 1.74 bits per heavy atom. The lowest BCUT2D eigenvalue weighted by atomic mass is 10.1. The van der Waals surface area contributed by atoms with Crippen LogP contribution in [0.25, 0.3) is 0 Å². The molecule has 176 valence electrons. The lowest BCUT2D eigenvalue weighted by Crippen LogP contribution is -2.05. The molecule has 2 N–H and O–H groups in total. The predicted molar refractivity (Wildman–Crippen MR) is 122 cm³/mol. The van der Waals surface area contributed by atoms with Crippen LogP contribution in [0.5, 0.6) is 11.5 Å². The number of benzene rings is 1. The molecule has 0 aliphatic rings. The molecule has 0 saturated heterocycles. The molecule has 0 radical (unpaired) electrons. The molecule has 0 unspecified atom stereocenters. The molecule has 0 aliphatic carbocycles. The van der Waals surface area contributed by atoms with Gasteiger partial charge in [0.2, 0.25) is 0 Å². The maximum absolute atomic E-state index is 10.6. The molecule has 0 atom stereocenters. The van der Waals surface area contributed by atoms with E-state index in [-0.39, 0.29) is 6.42 Å². The molecular weight excluding hydrogens is 396 g/mol. The average Bonchev–Trinajstić information content (AvgIpc) is 2.74. The number of aryl methyl sites for hydroxylation is 1. The molecule has 0 saturated carbocycles. The first-order valence-corrected chi connectivity index (χ1v) is 11.8. The maximum Gasteiger partial charge on any atom is 0.303 e. The van der Waals surface area contributed by atoms with Crippen molar-refractivity contribution in [3.63, 3.8) is 0 Å². The zero-order valence-corrected chi connectivity index (χ0v) is 19.1. The van der Waals surface area contributed by atoms with Gasteiger partial charge in [0.25, 0.3) is 0 Å². The van der Waals surface area contributed by atoms with Gasteiger partial charge in [-0.25, -0.2) is 0 Å². The molecule has 6 nitrogen and oxygen atoms in total. The van der Waals surface area contributed by atoms with Crippen LogP contribution in [-0.2, 0) is 16.0 Å². The van der Waals surface area contributed by atoms with Crippen LogP contribution in [0, 0.1) is 0 Å². The summed E-state index contributed by atoms with van der Waals surface area (Å²) < 4.78 is 11.7. The van der Waals surface area contributed by atoms with Gasteiger partial charge >= 0.3 is 11.9 Å². The van der Waals surface area contributed by atoms with Crippen molar-refractivity contribution < 1.29 is 29.3 Å².